The van der Waals surface area contributed by atoms with E-state index in [9.17, 15) is 8.42 Å². The van der Waals surface area contributed by atoms with Gasteiger partial charge in [-0.2, -0.15) is 0 Å². The van der Waals surface area contributed by atoms with E-state index >= 15 is 0 Å². The molecule has 2 aromatic rings. The summed E-state index contributed by atoms with van der Waals surface area (Å²) in [5, 5.41) is 0. The predicted octanol–water partition coefficient (Wildman–Crippen LogP) is 3.09. The first-order valence-electron chi connectivity index (χ1n) is 9.12. The molecule has 0 aromatic heterocycles. The van der Waals surface area contributed by atoms with Gasteiger partial charge in [-0.1, -0.05) is 48.5 Å². The Balaban J connectivity index is 1.89. The summed E-state index contributed by atoms with van der Waals surface area (Å²) >= 11 is 0. The molecule has 0 fully saturated rings. The first-order chi connectivity index (χ1) is 12.4. The Hall–Kier alpha value is -1.69. The second-order valence-corrected chi connectivity index (χ2v) is 9.67. The van der Waals surface area contributed by atoms with Crippen molar-refractivity contribution in [1.29, 1.82) is 0 Å². The number of hydrogen-bond acceptors (Lipinski definition) is 3. The molecular formula is C21H28N2O2S. The fourth-order valence-electron chi connectivity index (χ4n) is 3.63. The fourth-order valence-corrected chi connectivity index (χ4v) is 4.49. The van der Waals surface area contributed by atoms with Crippen molar-refractivity contribution >= 4 is 10.0 Å². The van der Waals surface area contributed by atoms with Gasteiger partial charge in [-0.3, -0.25) is 0 Å². The van der Waals surface area contributed by atoms with Crippen LogP contribution in [0.15, 0.2) is 48.5 Å². The van der Waals surface area contributed by atoms with Crippen molar-refractivity contribution in [3.8, 4) is 0 Å². The lowest BCUT2D eigenvalue weighted by Gasteiger charge is -2.19. The van der Waals surface area contributed by atoms with Gasteiger partial charge in [0.15, 0.2) is 0 Å². The van der Waals surface area contributed by atoms with E-state index in [1.807, 2.05) is 0 Å². The van der Waals surface area contributed by atoms with Crippen LogP contribution in [0.4, 0.5) is 0 Å². The molecule has 0 saturated carbocycles. The molecule has 0 radical (unpaired) electrons. The van der Waals surface area contributed by atoms with Crippen molar-refractivity contribution in [2.45, 2.75) is 25.3 Å². The second kappa shape index (κ2) is 7.91. The van der Waals surface area contributed by atoms with Gasteiger partial charge in [0.2, 0.25) is 10.0 Å². The minimum Gasteiger partial charge on any atom is -0.302 e. The van der Waals surface area contributed by atoms with E-state index in [0.717, 1.165) is 25.1 Å². The summed E-state index contributed by atoms with van der Waals surface area (Å²) in [6, 6.07) is 17.2. The molecule has 0 bridgehead atoms. The number of aryl methyl sites for hydroxylation is 1. The number of nitrogens with zero attached hydrogens (tertiary/aromatic N) is 2. The Morgan fingerprint density at radius 2 is 1.85 bits per heavy atom. The second-order valence-electron chi connectivity index (χ2n) is 7.37. The van der Waals surface area contributed by atoms with Gasteiger partial charge in [-0.05, 0) is 48.7 Å². The molecule has 1 aliphatic rings. The van der Waals surface area contributed by atoms with Crippen molar-refractivity contribution in [3.63, 3.8) is 0 Å². The summed E-state index contributed by atoms with van der Waals surface area (Å²) in [5.41, 5.74) is 5.14. The largest absolute Gasteiger partial charge is 0.302 e. The lowest BCUT2D eigenvalue weighted by atomic mass is 9.86. The monoisotopic (exact) mass is 372 g/mol. The molecule has 0 amide bonds. The molecule has 140 valence electrons. The van der Waals surface area contributed by atoms with E-state index in [2.05, 4.69) is 60.5 Å². The first-order valence-corrected chi connectivity index (χ1v) is 10.7. The normalized spacial score (nSPS) is 18.5. The lowest BCUT2D eigenvalue weighted by Crippen LogP contribution is -2.26. The Kier molecular flexibility index (Phi) is 5.80. The SMILES string of the molecule is CN1CCC(c2ccccc2)c2ccc(CCS(=O)(=O)N(C)C)cc2C1. The topological polar surface area (TPSA) is 40.6 Å². The van der Waals surface area contributed by atoms with Crippen LogP contribution in [0.3, 0.4) is 0 Å². The summed E-state index contributed by atoms with van der Waals surface area (Å²) in [6.07, 6.45) is 1.65. The average molecular weight is 373 g/mol. The van der Waals surface area contributed by atoms with Gasteiger partial charge >= 0.3 is 0 Å². The molecule has 2 aromatic carbocycles. The molecule has 1 unspecified atom stereocenters. The predicted molar refractivity (Wildman–Crippen MR) is 107 cm³/mol. The van der Waals surface area contributed by atoms with Gasteiger partial charge in [-0.25, -0.2) is 12.7 Å². The molecule has 0 saturated heterocycles. The number of sulfonamides is 1. The minimum atomic E-state index is -3.17. The molecule has 26 heavy (non-hydrogen) atoms. The Morgan fingerprint density at radius 3 is 2.54 bits per heavy atom. The molecule has 0 aliphatic carbocycles. The minimum absolute atomic E-state index is 0.150. The standard InChI is InChI=1S/C21H28N2O2S/c1-22(2)26(24,25)14-12-17-9-10-20-19(15-17)16-23(3)13-11-21(20)18-7-5-4-6-8-18/h4-10,15,21H,11-14,16H2,1-3H3. The van der Waals surface area contributed by atoms with E-state index < -0.39 is 10.0 Å². The number of fused-ring (bicyclic) bond motifs is 1. The maximum Gasteiger partial charge on any atom is 0.213 e. The fraction of sp³-hybridized carbons (Fsp3) is 0.429. The van der Waals surface area contributed by atoms with Crippen molar-refractivity contribution in [1.82, 2.24) is 9.21 Å². The van der Waals surface area contributed by atoms with Gasteiger partial charge in [0.05, 0.1) is 5.75 Å². The van der Waals surface area contributed by atoms with Crippen LogP contribution in [0.1, 0.15) is 34.6 Å². The number of rotatable bonds is 5. The molecular weight excluding hydrogens is 344 g/mol. The van der Waals surface area contributed by atoms with Crippen LogP contribution >= 0.6 is 0 Å². The zero-order chi connectivity index (χ0) is 18.7. The third-order valence-corrected chi connectivity index (χ3v) is 7.06. The Bertz CT molecular complexity index is 848. The smallest absolute Gasteiger partial charge is 0.213 e. The maximum atomic E-state index is 12.1. The molecule has 0 N–H and O–H groups in total. The van der Waals surface area contributed by atoms with Crippen LogP contribution in [0.25, 0.3) is 0 Å². The van der Waals surface area contributed by atoms with Crippen LogP contribution in [-0.4, -0.2) is 51.1 Å². The van der Waals surface area contributed by atoms with Gasteiger partial charge < -0.3 is 4.90 Å². The molecule has 1 aliphatic heterocycles. The third kappa shape index (κ3) is 4.34. The van der Waals surface area contributed by atoms with Crippen molar-refractivity contribution < 1.29 is 8.42 Å². The average Bonchev–Trinajstić information content (AvgIpc) is 2.78. The highest BCUT2D eigenvalue weighted by molar-refractivity contribution is 7.89. The highest BCUT2D eigenvalue weighted by atomic mass is 32.2. The highest BCUT2D eigenvalue weighted by Gasteiger charge is 2.23. The van der Waals surface area contributed by atoms with Crippen LogP contribution in [0.5, 0.6) is 0 Å². The zero-order valence-corrected chi connectivity index (χ0v) is 16.7. The molecule has 0 spiro atoms. The van der Waals surface area contributed by atoms with Crippen LogP contribution in [0.2, 0.25) is 0 Å². The van der Waals surface area contributed by atoms with Crippen molar-refractivity contribution in [3.05, 3.63) is 70.8 Å². The van der Waals surface area contributed by atoms with Gasteiger partial charge in [-0.15, -0.1) is 0 Å². The Morgan fingerprint density at radius 1 is 1.12 bits per heavy atom. The number of hydrogen-bond donors (Lipinski definition) is 0. The molecule has 1 heterocycles. The third-order valence-electron chi connectivity index (χ3n) is 5.23. The summed E-state index contributed by atoms with van der Waals surface area (Å²) in [7, 11) is 2.16. The summed E-state index contributed by atoms with van der Waals surface area (Å²) in [4.78, 5) is 2.35. The number of benzene rings is 2. The Labute approximate surface area is 157 Å². The molecule has 5 heteroatoms. The molecule has 4 nitrogen and oxygen atoms in total. The molecule has 3 rings (SSSR count). The maximum absolute atomic E-state index is 12.1. The van der Waals surface area contributed by atoms with Crippen molar-refractivity contribution in [2.75, 3.05) is 33.4 Å². The van der Waals surface area contributed by atoms with Gasteiger partial charge in [0, 0.05) is 26.6 Å². The van der Waals surface area contributed by atoms with E-state index in [1.54, 1.807) is 14.1 Å². The van der Waals surface area contributed by atoms with Crippen LogP contribution < -0.4 is 0 Å². The molecule has 1 atom stereocenters. The summed E-state index contributed by atoms with van der Waals surface area (Å²) < 4.78 is 25.4. The first kappa shape index (κ1) is 19.1. The van der Waals surface area contributed by atoms with E-state index in [-0.39, 0.29) is 5.75 Å². The van der Waals surface area contributed by atoms with Gasteiger partial charge in [0.25, 0.3) is 0 Å². The van der Waals surface area contributed by atoms with Crippen LogP contribution in [0, 0.1) is 0 Å². The van der Waals surface area contributed by atoms with Gasteiger partial charge in [0.1, 0.15) is 0 Å². The quantitative estimate of drug-likeness (QED) is 0.810. The van der Waals surface area contributed by atoms with Crippen LogP contribution in [-0.2, 0) is 23.0 Å². The van der Waals surface area contributed by atoms with Crippen molar-refractivity contribution in [2.24, 2.45) is 0 Å². The highest BCUT2D eigenvalue weighted by Crippen LogP contribution is 2.34. The summed E-state index contributed by atoms with van der Waals surface area (Å²) in [6.45, 7) is 1.96. The van der Waals surface area contributed by atoms with E-state index in [1.165, 1.54) is 21.0 Å². The lowest BCUT2D eigenvalue weighted by molar-refractivity contribution is 0.328. The summed E-state index contributed by atoms with van der Waals surface area (Å²) in [5.74, 6) is 0.548. The van der Waals surface area contributed by atoms with E-state index in [0.29, 0.717) is 12.3 Å². The zero-order valence-electron chi connectivity index (χ0n) is 15.9. The van der Waals surface area contributed by atoms with E-state index in [4.69, 9.17) is 0 Å².